The molecule has 0 bridgehead atoms. The molecule has 0 saturated carbocycles. The summed E-state index contributed by atoms with van der Waals surface area (Å²) >= 11 is 0. The number of hydrogen-bond acceptors (Lipinski definition) is 5. The summed E-state index contributed by atoms with van der Waals surface area (Å²) in [5, 5.41) is 0. The summed E-state index contributed by atoms with van der Waals surface area (Å²) in [5.74, 6) is 1.22. The zero-order chi connectivity index (χ0) is 14.1. The number of hydrogen-bond donors (Lipinski definition) is 1. The summed E-state index contributed by atoms with van der Waals surface area (Å²) in [6.45, 7) is 1.21. The molecule has 5 heteroatoms. The van der Waals surface area contributed by atoms with Gasteiger partial charge in [-0.3, -0.25) is 0 Å². The van der Waals surface area contributed by atoms with E-state index in [0.29, 0.717) is 24.9 Å². The van der Waals surface area contributed by atoms with Crippen LogP contribution in [0.2, 0.25) is 0 Å². The lowest BCUT2D eigenvalue weighted by Crippen LogP contribution is -2.16. The molecule has 5 nitrogen and oxygen atoms in total. The molecule has 0 saturated heterocycles. The summed E-state index contributed by atoms with van der Waals surface area (Å²) in [5.41, 5.74) is 10.1. The molecular formula is C15H18N4O. The van der Waals surface area contributed by atoms with Crippen LogP contribution in [0.1, 0.15) is 11.3 Å². The van der Waals surface area contributed by atoms with E-state index < -0.39 is 0 Å². The van der Waals surface area contributed by atoms with Crippen molar-refractivity contribution in [1.82, 2.24) is 9.97 Å². The van der Waals surface area contributed by atoms with Gasteiger partial charge in [0.25, 0.3) is 0 Å². The van der Waals surface area contributed by atoms with E-state index in [-0.39, 0.29) is 0 Å². The normalized spacial score (nSPS) is 13.9. The Hall–Kier alpha value is -2.14. The van der Waals surface area contributed by atoms with E-state index in [1.54, 1.807) is 0 Å². The first kappa shape index (κ1) is 12.9. The van der Waals surface area contributed by atoms with Gasteiger partial charge in [0.05, 0.1) is 18.9 Å². The first-order chi connectivity index (χ1) is 9.65. The van der Waals surface area contributed by atoms with Crippen molar-refractivity contribution in [2.75, 3.05) is 31.3 Å². The standard InChI is InChI=1S/C15H18N4O/c1-19(2)11-5-3-10(4-6-11)15-17-13-7-8-20-9-12(13)14(16)18-15/h3-6H,7-9H2,1-2H3,(H2,16,17,18). The Kier molecular flexibility index (Phi) is 3.28. The van der Waals surface area contributed by atoms with Crippen LogP contribution < -0.4 is 10.6 Å². The zero-order valence-corrected chi connectivity index (χ0v) is 11.8. The van der Waals surface area contributed by atoms with Gasteiger partial charge in [-0.15, -0.1) is 0 Å². The van der Waals surface area contributed by atoms with Crippen molar-refractivity contribution in [2.45, 2.75) is 13.0 Å². The lowest BCUT2D eigenvalue weighted by atomic mass is 10.1. The predicted octanol–water partition coefficient (Wildman–Crippen LogP) is 1.86. The highest BCUT2D eigenvalue weighted by Gasteiger charge is 2.17. The minimum Gasteiger partial charge on any atom is -0.383 e. The van der Waals surface area contributed by atoms with Gasteiger partial charge in [0, 0.05) is 37.3 Å². The largest absolute Gasteiger partial charge is 0.383 e. The SMILES string of the molecule is CN(C)c1ccc(-c2nc(N)c3c(n2)CCOC3)cc1. The van der Waals surface area contributed by atoms with Crippen molar-refractivity contribution in [2.24, 2.45) is 0 Å². The van der Waals surface area contributed by atoms with Crippen LogP contribution in [-0.2, 0) is 17.8 Å². The fourth-order valence-electron chi connectivity index (χ4n) is 2.29. The Bertz CT molecular complexity index is 623. The van der Waals surface area contributed by atoms with E-state index in [1.165, 1.54) is 0 Å². The Labute approximate surface area is 118 Å². The number of benzene rings is 1. The first-order valence-corrected chi connectivity index (χ1v) is 6.66. The molecule has 104 valence electrons. The van der Waals surface area contributed by atoms with E-state index in [1.807, 2.05) is 26.2 Å². The Morgan fingerprint density at radius 1 is 1.15 bits per heavy atom. The topological polar surface area (TPSA) is 64.3 Å². The molecule has 2 heterocycles. The Morgan fingerprint density at radius 3 is 2.60 bits per heavy atom. The van der Waals surface area contributed by atoms with E-state index >= 15 is 0 Å². The zero-order valence-electron chi connectivity index (χ0n) is 11.8. The third kappa shape index (κ3) is 2.32. The average molecular weight is 270 g/mol. The fourth-order valence-corrected chi connectivity index (χ4v) is 2.29. The molecule has 20 heavy (non-hydrogen) atoms. The molecule has 1 aromatic heterocycles. The average Bonchev–Trinajstić information content (AvgIpc) is 2.47. The number of fused-ring (bicyclic) bond motifs is 1. The van der Waals surface area contributed by atoms with E-state index in [2.05, 4.69) is 27.0 Å². The van der Waals surface area contributed by atoms with Crippen LogP contribution in [-0.4, -0.2) is 30.7 Å². The molecule has 0 fully saturated rings. The van der Waals surface area contributed by atoms with Crippen LogP contribution in [0.5, 0.6) is 0 Å². The van der Waals surface area contributed by atoms with Crippen LogP contribution in [0, 0.1) is 0 Å². The van der Waals surface area contributed by atoms with Gasteiger partial charge in [0.2, 0.25) is 0 Å². The second-order valence-electron chi connectivity index (χ2n) is 5.10. The van der Waals surface area contributed by atoms with Crippen LogP contribution in [0.25, 0.3) is 11.4 Å². The molecule has 0 radical (unpaired) electrons. The Balaban J connectivity index is 1.99. The van der Waals surface area contributed by atoms with Gasteiger partial charge in [-0.1, -0.05) is 0 Å². The summed E-state index contributed by atoms with van der Waals surface area (Å²) in [6.07, 6.45) is 0.796. The van der Waals surface area contributed by atoms with E-state index in [9.17, 15) is 0 Å². The third-order valence-electron chi connectivity index (χ3n) is 3.50. The Morgan fingerprint density at radius 2 is 1.90 bits per heavy atom. The van der Waals surface area contributed by atoms with Crippen molar-refractivity contribution in [3.63, 3.8) is 0 Å². The molecular weight excluding hydrogens is 252 g/mol. The van der Waals surface area contributed by atoms with Gasteiger partial charge in [-0.2, -0.15) is 0 Å². The van der Waals surface area contributed by atoms with E-state index in [0.717, 1.165) is 28.9 Å². The lowest BCUT2D eigenvalue weighted by molar-refractivity contribution is 0.109. The van der Waals surface area contributed by atoms with Crippen molar-refractivity contribution in [3.05, 3.63) is 35.5 Å². The molecule has 0 amide bonds. The highest BCUT2D eigenvalue weighted by Crippen LogP contribution is 2.25. The summed E-state index contributed by atoms with van der Waals surface area (Å²) < 4.78 is 5.40. The number of ether oxygens (including phenoxy) is 1. The predicted molar refractivity (Wildman–Crippen MR) is 79.6 cm³/mol. The minimum absolute atomic E-state index is 0.515. The van der Waals surface area contributed by atoms with Gasteiger partial charge in [-0.25, -0.2) is 9.97 Å². The van der Waals surface area contributed by atoms with Gasteiger partial charge in [0.1, 0.15) is 5.82 Å². The fraction of sp³-hybridized carbons (Fsp3) is 0.333. The second kappa shape index (κ2) is 5.09. The van der Waals surface area contributed by atoms with Gasteiger partial charge in [0.15, 0.2) is 5.82 Å². The summed E-state index contributed by atoms with van der Waals surface area (Å²) in [7, 11) is 4.03. The van der Waals surface area contributed by atoms with Crippen molar-refractivity contribution in [1.29, 1.82) is 0 Å². The quantitative estimate of drug-likeness (QED) is 0.902. The first-order valence-electron chi connectivity index (χ1n) is 6.66. The molecule has 2 N–H and O–H groups in total. The second-order valence-corrected chi connectivity index (χ2v) is 5.10. The number of nitrogens with two attached hydrogens (primary N) is 1. The summed E-state index contributed by atoms with van der Waals surface area (Å²) in [6, 6.07) is 8.15. The van der Waals surface area contributed by atoms with Crippen LogP contribution in [0.3, 0.4) is 0 Å². The molecule has 1 aromatic carbocycles. The number of rotatable bonds is 2. The highest BCUT2D eigenvalue weighted by molar-refractivity contribution is 5.62. The molecule has 0 spiro atoms. The summed E-state index contributed by atoms with van der Waals surface area (Å²) in [4.78, 5) is 11.1. The molecule has 3 rings (SSSR count). The van der Waals surface area contributed by atoms with Crippen molar-refractivity contribution < 1.29 is 4.74 Å². The maximum Gasteiger partial charge on any atom is 0.161 e. The van der Waals surface area contributed by atoms with Gasteiger partial charge in [-0.05, 0) is 24.3 Å². The van der Waals surface area contributed by atoms with Crippen molar-refractivity contribution >= 4 is 11.5 Å². The number of nitrogens with zero attached hydrogens (tertiary/aromatic N) is 3. The molecule has 2 aromatic rings. The smallest absolute Gasteiger partial charge is 0.161 e. The maximum atomic E-state index is 6.02. The highest BCUT2D eigenvalue weighted by atomic mass is 16.5. The molecule has 1 aliphatic heterocycles. The monoisotopic (exact) mass is 270 g/mol. The molecule has 0 atom stereocenters. The molecule has 1 aliphatic rings. The van der Waals surface area contributed by atoms with E-state index in [4.69, 9.17) is 10.5 Å². The van der Waals surface area contributed by atoms with Gasteiger partial charge >= 0.3 is 0 Å². The van der Waals surface area contributed by atoms with Crippen LogP contribution in [0.4, 0.5) is 11.5 Å². The molecule has 0 aliphatic carbocycles. The van der Waals surface area contributed by atoms with Crippen molar-refractivity contribution in [3.8, 4) is 11.4 Å². The lowest BCUT2D eigenvalue weighted by Gasteiger charge is -2.18. The number of nitrogen functional groups attached to an aromatic ring is 1. The maximum absolute atomic E-state index is 6.02. The number of anilines is 2. The van der Waals surface area contributed by atoms with Crippen LogP contribution in [0.15, 0.2) is 24.3 Å². The third-order valence-corrected chi connectivity index (χ3v) is 3.50. The minimum atomic E-state index is 0.515. The molecule has 0 unspecified atom stereocenters. The number of aromatic nitrogens is 2. The van der Waals surface area contributed by atoms with Crippen LogP contribution >= 0.6 is 0 Å². The van der Waals surface area contributed by atoms with Gasteiger partial charge < -0.3 is 15.4 Å².